The molecule has 1 aromatic heterocycles. The lowest BCUT2D eigenvalue weighted by Gasteiger charge is -2.04. The number of methoxy groups -OCH3 is 1. The number of ether oxygens (including phenoxy) is 1. The van der Waals surface area contributed by atoms with Crippen LogP contribution in [0.15, 0.2) is 42.5 Å². The van der Waals surface area contributed by atoms with Gasteiger partial charge >= 0.3 is 0 Å². The Labute approximate surface area is 135 Å². The molecule has 0 aliphatic heterocycles. The molecule has 0 unspecified atom stereocenters. The van der Waals surface area contributed by atoms with Gasteiger partial charge in [-0.2, -0.15) is 4.80 Å². The van der Waals surface area contributed by atoms with Crippen LogP contribution in [-0.4, -0.2) is 33.1 Å². The van der Waals surface area contributed by atoms with E-state index >= 15 is 0 Å². The fourth-order valence-electron chi connectivity index (χ4n) is 2.08. The lowest BCUT2D eigenvalue weighted by Crippen LogP contribution is -2.13. The fraction of sp³-hybridized carbons (Fsp3) is 0.125. The lowest BCUT2D eigenvalue weighted by atomic mass is 10.1. The quantitative estimate of drug-likeness (QED) is 0.672. The molecule has 6 nitrogen and oxygen atoms in total. The normalized spacial score (nSPS) is 10.6. The highest BCUT2D eigenvalue weighted by molar-refractivity contribution is 5.95. The fourth-order valence-corrected chi connectivity index (χ4v) is 2.08. The van der Waals surface area contributed by atoms with Crippen LogP contribution in [0.25, 0.3) is 11.4 Å². The van der Waals surface area contributed by atoms with Crippen LogP contribution in [0, 0.1) is 11.6 Å². The average Bonchev–Trinajstić information content (AvgIpc) is 3.04. The van der Waals surface area contributed by atoms with Crippen molar-refractivity contribution in [2.24, 2.45) is 0 Å². The van der Waals surface area contributed by atoms with Gasteiger partial charge in [-0.1, -0.05) is 0 Å². The van der Waals surface area contributed by atoms with E-state index in [0.29, 0.717) is 5.56 Å². The smallest absolute Gasteiger partial charge is 0.204 e. The highest BCUT2D eigenvalue weighted by atomic mass is 19.1. The number of carbonyl (C=O) groups excluding carboxylic acids is 1. The van der Waals surface area contributed by atoms with Crippen LogP contribution in [0.1, 0.15) is 10.4 Å². The minimum atomic E-state index is -0.623. The number of hydrogen-bond donors (Lipinski definition) is 0. The molecule has 3 aromatic rings. The van der Waals surface area contributed by atoms with Crippen LogP contribution in [0.2, 0.25) is 0 Å². The Bertz CT molecular complexity index is 878. The molecule has 0 amide bonds. The summed E-state index contributed by atoms with van der Waals surface area (Å²) in [6.07, 6.45) is 0. The number of nitrogens with zero attached hydrogens (tertiary/aromatic N) is 4. The van der Waals surface area contributed by atoms with Crippen molar-refractivity contribution in [3.63, 3.8) is 0 Å². The van der Waals surface area contributed by atoms with Crippen molar-refractivity contribution >= 4 is 5.78 Å². The van der Waals surface area contributed by atoms with Crippen LogP contribution in [-0.2, 0) is 6.54 Å². The molecule has 0 aliphatic carbocycles. The van der Waals surface area contributed by atoms with Gasteiger partial charge in [-0.3, -0.25) is 4.79 Å². The van der Waals surface area contributed by atoms with E-state index in [4.69, 9.17) is 4.74 Å². The maximum Gasteiger partial charge on any atom is 0.204 e. The van der Waals surface area contributed by atoms with Crippen LogP contribution < -0.4 is 4.74 Å². The molecule has 2 aromatic carbocycles. The van der Waals surface area contributed by atoms with Crippen LogP contribution in [0.5, 0.6) is 5.75 Å². The molecular weight excluding hydrogens is 318 g/mol. The van der Waals surface area contributed by atoms with Crippen LogP contribution in [0.3, 0.4) is 0 Å². The highest BCUT2D eigenvalue weighted by Gasteiger charge is 2.13. The van der Waals surface area contributed by atoms with Crippen molar-refractivity contribution in [1.29, 1.82) is 0 Å². The number of benzene rings is 2. The standard InChI is InChI=1S/C16H12F2N4O2/c1-24-15-7-4-11(8-13(15)18)14(23)9-22-20-16(19-21-22)10-2-5-12(17)6-3-10/h2-8H,9H2,1H3. The second-order valence-corrected chi connectivity index (χ2v) is 4.92. The number of hydrogen-bond acceptors (Lipinski definition) is 5. The van der Waals surface area contributed by atoms with Gasteiger partial charge in [0.2, 0.25) is 5.82 Å². The summed E-state index contributed by atoms with van der Waals surface area (Å²) in [6, 6.07) is 9.51. The Morgan fingerprint density at radius 1 is 1.17 bits per heavy atom. The second kappa shape index (κ2) is 6.53. The van der Waals surface area contributed by atoms with Gasteiger partial charge in [-0.15, -0.1) is 10.2 Å². The van der Waals surface area contributed by atoms with Crippen molar-refractivity contribution in [3.05, 3.63) is 59.7 Å². The number of aromatic nitrogens is 4. The number of rotatable bonds is 5. The number of ketones is 1. The maximum atomic E-state index is 13.6. The number of halogens is 2. The second-order valence-electron chi connectivity index (χ2n) is 4.92. The van der Waals surface area contributed by atoms with Crippen molar-refractivity contribution in [2.45, 2.75) is 6.54 Å². The van der Waals surface area contributed by atoms with Crippen LogP contribution in [0.4, 0.5) is 8.78 Å². The molecule has 3 rings (SSSR count). The molecule has 0 saturated heterocycles. The average molecular weight is 330 g/mol. The summed E-state index contributed by atoms with van der Waals surface area (Å²) >= 11 is 0. The molecule has 0 spiro atoms. The number of tetrazole rings is 1. The van der Waals surface area contributed by atoms with Gasteiger partial charge in [0.25, 0.3) is 0 Å². The van der Waals surface area contributed by atoms with E-state index in [2.05, 4.69) is 15.4 Å². The molecule has 122 valence electrons. The SMILES string of the molecule is COc1ccc(C(=O)Cn2nnc(-c3ccc(F)cc3)n2)cc1F. The summed E-state index contributed by atoms with van der Waals surface area (Å²) in [7, 11) is 1.34. The third-order valence-electron chi connectivity index (χ3n) is 3.31. The molecule has 0 atom stereocenters. The summed E-state index contributed by atoms with van der Waals surface area (Å²) < 4.78 is 31.4. The zero-order chi connectivity index (χ0) is 17.1. The molecule has 8 heteroatoms. The summed E-state index contributed by atoms with van der Waals surface area (Å²) in [6.45, 7) is -0.194. The molecule has 0 saturated carbocycles. The molecule has 0 aliphatic rings. The van der Waals surface area contributed by atoms with Gasteiger partial charge in [0.1, 0.15) is 12.4 Å². The van der Waals surface area contributed by atoms with E-state index in [0.717, 1.165) is 10.9 Å². The molecule has 24 heavy (non-hydrogen) atoms. The molecule has 0 radical (unpaired) electrons. The van der Waals surface area contributed by atoms with Crippen molar-refractivity contribution in [3.8, 4) is 17.1 Å². The Hall–Kier alpha value is -3.16. The predicted molar refractivity (Wildman–Crippen MR) is 80.5 cm³/mol. The largest absolute Gasteiger partial charge is 0.494 e. The Morgan fingerprint density at radius 2 is 1.92 bits per heavy atom. The summed E-state index contributed by atoms with van der Waals surface area (Å²) in [5, 5.41) is 11.7. The zero-order valence-corrected chi connectivity index (χ0v) is 12.6. The minimum absolute atomic E-state index is 0.0593. The third-order valence-corrected chi connectivity index (χ3v) is 3.31. The first kappa shape index (κ1) is 15.7. The van der Waals surface area contributed by atoms with Gasteiger partial charge in [0.15, 0.2) is 17.3 Å². The van der Waals surface area contributed by atoms with Gasteiger partial charge < -0.3 is 4.74 Å². The monoisotopic (exact) mass is 330 g/mol. The topological polar surface area (TPSA) is 69.9 Å². The Kier molecular flexibility index (Phi) is 4.28. The van der Waals surface area contributed by atoms with Gasteiger partial charge in [0.05, 0.1) is 7.11 Å². The molecule has 0 fully saturated rings. The summed E-state index contributed by atoms with van der Waals surface area (Å²) in [5.74, 6) is -1.04. The summed E-state index contributed by atoms with van der Waals surface area (Å²) in [5.41, 5.74) is 0.750. The Balaban J connectivity index is 1.75. The molecular formula is C16H12F2N4O2. The van der Waals surface area contributed by atoms with E-state index in [1.165, 1.54) is 43.5 Å². The number of Topliss-reactive ketones (excluding diaryl/α,β-unsaturated/α-hetero) is 1. The number of carbonyl (C=O) groups is 1. The first-order valence-electron chi connectivity index (χ1n) is 6.97. The first-order chi connectivity index (χ1) is 11.6. The van der Waals surface area contributed by atoms with Crippen molar-refractivity contribution < 1.29 is 18.3 Å². The van der Waals surface area contributed by atoms with E-state index in [9.17, 15) is 13.6 Å². The molecule has 0 bridgehead atoms. The van der Waals surface area contributed by atoms with Gasteiger partial charge in [-0.05, 0) is 47.7 Å². The predicted octanol–water partition coefficient (Wildman–Crippen LogP) is 2.51. The Morgan fingerprint density at radius 3 is 2.58 bits per heavy atom. The molecule has 0 N–H and O–H groups in total. The summed E-state index contributed by atoms with van der Waals surface area (Å²) in [4.78, 5) is 13.3. The lowest BCUT2D eigenvalue weighted by molar-refractivity contribution is 0.0961. The van der Waals surface area contributed by atoms with E-state index < -0.39 is 5.82 Å². The maximum absolute atomic E-state index is 13.6. The van der Waals surface area contributed by atoms with Crippen molar-refractivity contribution in [2.75, 3.05) is 7.11 Å². The first-order valence-corrected chi connectivity index (χ1v) is 6.97. The van der Waals surface area contributed by atoms with Gasteiger partial charge in [-0.25, -0.2) is 8.78 Å². The zero-order valence-electron chi connectivity index (χ0n) is 12.6. The van der Waals surface area contributed by atoms with E-state index in [1.807, 2.05) is 0 Å². The van der Waals surface area contributed by atoms with Gasteiger partial charge in [0, 0.05) is 11.1 Å². The van der Waals surface area contributed by atoms with E-state index in [-0.39, 0.29) is 35.3 Å². The highest BCUT2D eigenvalue weighted by Crippen LogP contribution is 2.18. The molecule has 1 heterocycles. The van der Waals surface area contributed by atoms with E-state index in [1.54, 1.807) is 0 Å². The minimum Gasteiger partial charge on any atom is -0.494 e. The van der Waals surface area contributed by atoms with Crippen LogP contribution >= 0.6 is 0 Å². The van der Waals surface area contributed by atoms with Crippen molar-refractivity contribution in [1.82, 2.24) is 20.2 Å². The third kappa shape index (κ3) is 3.27.